The fraction of sp³-hybridized carbons (Fsp3) is 0.562. The third-order valence-electron chi connectivity index (χ3n) is 4.04. The van der Waals surface area contributed by atoms with E-state index in [1.165, 1.54) is 14.0 Å². The van der Waals surface area contributed by atoms with Crippen LogP contribution in [0.4, 0.5) is 0 Å². The van der Waals surface area contributed by atoms with Gasteiger partial charge in [-0.05, 0) is 0 Å². The first-order chi connectivity index (χ1) is 11.1. The molecular formula is C16H21NO6. The molecule has 0 radical (unpaired) electrons. The van der Waals surface area contributed by atoms with Crippen molar-refractivity contribution >= 4 is 5.91 Å². The van der Waals surface area contributed by atoms with Gasteiger partial charge in [-0.1, -0.05) is 30.3 Å². The van der Waals surface area contributed by atoms with Crippen molar-refractivity contribution in [2.75, 3.05) is 13.7 Å². The number of aliphatic hydroxyl groups is 1. The number of benzene rings is 1. The number of nitrogens with one attached hydrogen (secondary N) is 1. The highest BCUT2D eigenvalue weighted by molar-refractivity contribution is 5.73. The van der Waals surface area contributed by atoms with Gasteiger partial charge in [-0.15, -0.1) is 0 Å². The van der Waals surface area contributed by atoms with E-state index in [-0.39, 0.29) is 12.5 Å². The van der Waals surface area contributed by atoms with E-state index >= 15 is 0 Å². The number of methoxy groups -OCH3 is 1. The summed E-state index contributed by atoms with van der Waals surface area (Å²) in [6.45, 7) is 1.68. The molecule has 2 heterocycles. The number of amides is 1. The highest BCUT2D eigenvalue weighted by Gasteiger charge is 2.49. The molecule has 4 unspecified atom stereocenters. The zero-order valence-electron chi connectivity index (χ0n) is 13.0. The number of ether oxygens (including phenoxy) is 4. The predicted molar refractivity (Wildman–Crippen MR) is 79.3 cm³/mol. The summed E-state index contributed by atoms with van der Waals surface area (Å²) >= 11 is 0. The van der Waals surface area contributed by atoms with Crippen LogP contribution in [0.15, 0.2) is 30.3 Å². The summed E-state index contributed by atoms with van der Waals surface area (Å²) in [7, 11) is 1.44. The summed E-state index contributed by atoms with van der Waals surface area (Å²) in [6, 6.07) is 8.87. The third-order valence-corrected chi connectivity index (χ3v) is 4.04. The third kappa shape index (κ3) is 3.39. The molecule has 2 aliphatic rings. The molecule has 2 aliphatic heterocycles. The summed E-state index contributed by atoms with van der Waals surface area (Å²) in [6.07, 6.45) is -3.39. The molecule has 2 fully saturated rings. The molecule has 1 aromatic carbocycles. The van der Waals surface area contributed by atoms with Crippen molar-refractivity contribution in [3.63, 3.8) is 0 Å². The monoisotopic (exact) mass is 323 g/mol. The van der Waals surface area contributed by atoms with Crippen molar-refractivity contribution in [1.82, 2.24) is 5.32 Å². The molecule has 6 atom stereocenters. The summed E-state index contributed by atoms with van der Waals surface area (Å²) in [5.41, 5.74) is 0.871. The quantitative estimate of drug-likeness (QED) is 0.834. The second-order valence-corrected chi connectivity index (χ2v) is 5.67. The first-order valence-electron chi connectivity index (χ1n) is 7.55. The molecule has 7 heteroatoms. The maximum absolute atomic E-state index is 11.5. The zero-order chi connectivity index (χ0) is 16.4. The molecule has 1 aromatic rings. The van der Waals surface area contributed by atoms with Crippen molar-refractivity contribution in [2.45, 2.75) is 43.9 Å². The standard InChI is InChI=1S/C16H21NO6/c1-9(18)17-12-13(19)16(20-2)22-11-8-21-15(23-14(11)12)10-6-4-3-5-7-10/h3-7,11-16,19H,8H2,1-2H3,(H,17,18)/t11?,12?,13?,14-,15?,16+/m1/s1. The SMILES string of the molecule is CO[C@H]1OC2COC(c3ccccc3)O[C@H]2C(NC(C)=O)C1O. The maximum Gasteiger partial charge on any atom is 0.217 e. The van der Waals surface area contributed by atoms with Crippen LogP contribution < -0.4 is 5.32 Å². The normalized spacial score (nSPS) is 37.0. The van der Waals surface area contributed by atoms with E-state index in [9.17, 15) is 9.90 Å². The van der Waals surface area contributed by atoms with Gasteiger partial charge >= 0.3 is 0 Å². The molecule has 2 saturated heterocycles. The lowest BCUT2D eigenvalue weighted by Gasteiger charge is -2.47. The van der Waals surface area contributed by atoms with Crippen LogP contribution in [0.3, 0.4) is 0 Å². The van der Waals surface area contributed by atoms with Crippen LogP contribution >= 0.6 is 0 Å². The van der Waals surface area contributed by atoms with Gasteiger partial charge in [0.15, 0.2) is 12.6 Å². The lowest BCUT2D eigenvalue weighted by molar-refractivity contribution is -0.340. The predicted octanol–water partition coefficient (Wildman–Crippen LogP) is 0.337. The highest BCUT2D eigenvalue weighted by atomic mass is 16.7. The van der Waals surface area contributed by atoms with Crippen molar-refractivity contribution in [1.29, 1.82) is 0 Å². The fourth-order valence-electron chi connectivity index (χ4n) is 2.98. The van der Waals surface area contributed by atoms with E-state index < -0.39 is 36.9 Å². The Morgan fingerprint density at radius 2 is 2.04 bits per heavy atom. The van der Waals surface area contributed by atoms with E-state index in [0.29, 0.717) is 0 Å². The fourth-order valence-corrected chi connectivity index (χ4v) is 2.98. The van der Waals surface area contributed by atoms with Crippen LogP contribution in [0.1, 0.15) is 18.8 Å². The number of carbonyl (C=O) groups excluding carboxylic acids is 1. The largest absolute Gasteiger partial charge is 0.386 e. The number of hydrogen-bond acceptors (Lipinski definition) is 6. The molecule has 0 aliphatic carbocycles. The van der Waals surface area contributed by atoms with Crippen molar-refractivity contribution in [3.8, 4) is 0 Å². The Labute approximate surface area is 134 Å². The van der Waals surface area contributed by atoms with E-state index in [4.69, 9.17) is 18.9 Å². The van der Waals surface area contributed by atoms with E-state index in [1.807, 2.05) is 30.3 Å². The van der Waals surface area contributed by atoms with Gasteiger partial charge in [-0.3, -0.25) is 4.79 Å². The molecular weight excluding hydrogens is 302 g/mol. The Kier molecular flexibility index (Phi) is 4.93. The van der Waals surface area contributed by atoms with Crippen LogP contribution in [0.2, 0.25) is 0 Å². The number of hydrogen-bond donors (Lipinski definition) is 2. The molecule has 1 amide bonds. The van der Waals surface area contributed by atoms with E-state index in [2.05, 4.69) is 5.32 Å². The smallest absolute Gasteiger partial charge is 0.217 e. The Morgan fingerprint density at radius 3 is 2.70 bits per heavy atom. The van der Waals surface area contributed by atoms with Gasteiger partial charge in [0.25, 0.3) is 0 Å². The Hall–Kier alpha value is -1.51. The number of rotatable bonds is 3. The van der Waals surface area contributed by atoms with Gasteiger partial charge in [0.05, 0.1) is 12.6 Å². The molecule has 0 spiro atoms. The van der Waals surface area contributed by atoms with Crippen molar-refractivity contribution in [2.24, 2.45) is 0 Å². The van der Waals surface area contributed by atoms with Gasteiger partial charge in [0.1, 0.15) is 18.3 Å². The molecule has 2 N–H and O–H groups in total. The van der Waals surface area contributed by atoms with E-state index in [0.717, 1.165) is 5.56 Å². The minimum atomic E-state index is -1.03. The maximum atomic E-state index is 11.5. The number of carbonyl (C=O) groups is 1. The average molecular weight is 323 g/mol. The van der Waals surface area contributed by atoms with Crippen LogP contribution in [0.25, 0.3) is 0 Å². The van der Waals surface area contributed by atoms with E-state index in [1.54, 1.807) is 0 Å². The summed E-state index contributed by atoms with van der Waals surface area (Å²) in [5, 5.41) is 13.1. The molecule has 126 valence electrons. The molecule has 3 rings (SSSR count). The second-order valence-electron chi connectivity index (χ2n) is 5.67. The molecule has 23 heavy (non-hydrogen) atoms. The summed E-state index contributed by atoms with van der Waals surface area (Å²) < 4.78 is 22.5. The van der Waals surface area contributed by atoms with Crippen LogP contribution in [-0.2, 0) is 23.7 Å². The minimum absolute atomic E-state index is 0.254. The topological polar surface area (TPSA) is 86.3 Å². The lowest BCUT2D eigenvalue weighted by atomic mass is 9.95. The molecule has 0 aromatic heterocycles. The van der Waals surface area contributed by atoms with Gasteiger partial charge < -0.3 is 29.4 Å². The Bertz CT molecular complexity index is 539. The first kappa shape index (κ1) is 16.4. The van der Waals surface area contributed by atoms with Gasteiger partial charge in [-0.2, -0.15) is 0 Å². The lowest BCUT2D eigenvalue weighted by Crippen LogP contribution is -2.67. The highest BCUT2D eigenvalue weighted by Crippen LogP contribution is 2.34. The molecule has 0 saturated carbocycles. The zero-order valence-corrected chi connectivity index (χ0v) is 13.0. The number of fused-ring (bicyclic) bond motifs is 1. The van der Waals surface area contributed by atoms with Gasteiger partial charge in [-0.25, -0.2) is 0 Å². The van der Waals surface area contributed by atoms with Gasteiger partial charge in [0.2, 0.25) is 5.91 Å². The molecule has 7 nitrogen and oxygen atoms in total. The second kappa shape index (κ2) is 6.94. The van der Waals surface area contributed by atoms with Crippen LogP contribution in [0.5, 0.6) is 0 Å². The van der Waals surface area contributed by atoms with Crippen molar-refractivity contribution in [3.05, 3.63) is 35.9 Å². The summed E-state index contributed by atoms with van der Waals surface area (Å²) in [5.74, 6) is -0.254. The number of aliphatic hydroxyl groups excluding tert-OH is 1. The van der Waals surface area contributed by atoms with Crippen LogP contribution in [-0.4, -0.2) is 55.4 Å². The average Bonchev–Trinajstić information content (AvgIpc) is 2.57. The van der Waals surface area contributed by atoms with Crippen LogP contribution in [0, 0.1) is 0 Å². The summed E-state index contributed by atoms with van der Waals surface area (Å²) in [4.78, 5) is 11.5. The first-order valence-corrected chi connectivity index (χ1v) is 7.55. The Balaban J connectivity index is 1.80. The van der Waals surface area contributed by atoms with Crippen molar-refractivity contribution < 1.29 is 28.8 Å². The van der Waals surface area contributed by atoms with Gasteiger partial charge in [0, 0.05) is 19.6 Å². The molecule has 0 bridgehead atoms. The minimum Gasteiger partial charge on any atom is -0.386 e. The Morgan fingerprint density at radius 1 is 1.30 bits per heavy atom.